The quantitative estimate of drug-likeness (QED) is 0.580. The zero-order valence-corrected chi connectivity index (χ0v) is 9.16. The first-order valence-corrected chi connectivity index (χ1v) is 6.94. The summed E-state index contributed by atoms with van der Waals surface area (Å²) in [5.74, 6) is -0.899. The molecule has 6 heteroatoms. The highest BCUT2D eigenvalue weighted by Crippen LogP contribution is 2.28. The van der Waals surface area contributed by atoms with E-state index in [1.165, 1.54) is 0 Å². The number of aliphatic hydroxyl groups is 1. The summed E-state index contributed by atoms with van der Waals surface area (Å²) in [4.78, 5) is 11.6. The van der Waals surface area contributed by atoms with Crippen LogP contribution in [-0.4, -0.2) is 50.0 Å². The second-order valence-corrected chi connectivity index (χ2v) is 6.49. The van der Waals surface area contributed by atoms with Gasteiger partial charge in [0.1, 0.15) is 5.78 Å². The Kier molecular flexibility index (Phi) is 2.83. The first-order valence-electron chi connectivity index (χ1n) is 5.11. The van der Waals surface area contributed by atoms with Crippen molar-refractivity contribution in [3.63, 3.8) is 0 Å². The zero-order chi connectivity index (χ0) is 11.1. The molecular weight excluding hydrogens is 218 g/mol. The van der Waals surface area contributed by atoms with Crippen LogP contribution < -0.4 is 5.32 Å². The van der Waals surface area contributed by atoms with Gasteiger partial charge in [0, 0.05) is 31.3 Å². The Bertz CT molecular complexity index is 364. The summed E-state index contributed by atoms with van der Waals surface area (Å²) in [6.45, 7) is 1.15. The van der Waals surface area contributed by atoms with E-state index in [2.05, 4.69) is 5.32 Å². The molecule has 15 heavy (non-hydrogen) atoms. The molecule has 0 radical (unpaired) electrons. The van der Waals surface area contributed by atoms with E-state index in [4.69, 9.17) is 0 Å². The third-order valence-electron chi connectivity index (χ3n) is 3.21. The van der Waals surface area contributed by atoms with Crippen molar-refractivity contribution in [1.29, 1.82) is 0 Å². The first kappa shape index (κ1) is 11.0. The van der Waals surface area contributed by atoms with Gasteiger partial charge in [0.15, 0.2) is 9.84 Å². The predicted octanol–water partition coefficient (Wildman–Crippen LogP) is -1.43. The summed E-state index contributed by atoms with van der Waals surface area (Å²) >= 11 is 0. The molecule has 2 aliphatic rings. The molecule has 0 amide bonds. The molecule has 2 saturated heterocycles. The predicted molar refractivity (Wildman–Crippen MR) is 54.1 cm³/mol. The second kappa shape index (κ2) is 3.84. The number of aliphatic hydroxyl groups excluding tert-OH is 1. The van der Waals surface area contributed by atoms with E-state index < -0.39 is 21.9 Å². The van der Waals surface area contributed by atoms with E-state index in [-0.39, 0.29) is 23.2 Å². The standard InChI is InChI=1S/C9H15NO4S/c11-8-1-2-10-3-6(8)7-4-15(13,14)5-9(7)12/h6-7,9-10,12H,1-5H2. The lowest BCUT2D eigenvalue weighted by Crippen LogP contribution is -2.44. The molecule has 2 N–H and O–H groups in total. The Labute approximate surface area is 88.8 Å². The molecule has 0 bridgehead atoms. The highest BCUT2D eigenvalue weighted by Gasteiger charge is 2.43. The summed E-state index contributed by atoms with van der Waals surface area (Å²) in [6, 6.07) is 0. The lowest BCUT2D eigenvalue weighted by atomic mass is 9.83. The van der Waals surface area contributed by atoms with Gasteiger partial charge in [0.05, 0.1) is 17.6 Å². The number of carbonyl (C=O) groups excluding carboxylic acids is 1. The van der Waals surface area contributed by atoms with Crippen molar-refractivity contribution in [2.24, 2.45) is 11.8 Å². The molecule has 86 valence electrons. The maximum absolute atomic E-state index is 11.6. The summed E-state index contributed by atoms with van der Waals surface area (Å²) in [6.07, 6.45) is -0.433. The van der Waals surface area contributed by atoms with Crippen LogP contribution in [0, 0.1) is 11.8 Å². The number of ketones is 1. The molecule has 5 nitrogen and oxygen atoms in total. The highest BCUT2D eigenvalue weighted by atomic mass is 32.2. The maximum atomic E-state index is 11.6. The van der Waals surface area contributed by atoms with Gasteiger partial charge in [-0.15, -0.1) is 0 Å². The van der Waals surface area contributed by atoms with Crippen molar-refractivity contribution < 1.29 is 18.3 Å². The number of nitrogens with one attached hydrogen (secondary N) is 1. The van der Waals surface area contributed by atoms with Gasteiger partial charge >= 0.3 is 0 Å². The molecular formula is C9H15NO4S. The van der Waals surface area contributed by atoms with Gasteiger partial charge in [-0.05, 0) is 0 Å². The molecule has 2 rings (SSSR count). The van der Waals surface area contributed by atoms with Crippen LogP contribution in [0.4, 0.5) is 0 Å². The third-order valence-corrected chi connectivity index (χ3v) is 4.95. The largest absolute Gasteiger partial charge is 0.392 e. The minimum absolute atomic E-state index is 0.0494. The normalized spacial score (nSPS) is 40.6. The molecule has 0 aliphatic carbocycles. The van der Waals surface area contributed by atoms with Gasteiger partial charge in [-0.3, -0.25) is 4.79 Å². The van der Waals surface area contributed by atoms with Crippen LogP contribution in [0.1, 0.15) is 6.42 Å². The molecule has 3 atom stereocenters. The molecule has 2 fully saturated rings. The Morgan fingerprint density at radius 1 is 1.33 bits per heavy atom. The van der Waals surface area contributed by atoms with Crippen LogP contribution in [0.5, 0.6) is 0 Å². The van der Waals surface area contributed by atoms with Crippen LogP contribution in [0.25, 0.3) is 0 Å². The van der Waals surface area contributed by atoms with Crippen LogP contribution in [0.2, 0.25) is 0 Å². The second-order valence-electron chi connectivity index (χ2n) is 4.34. The third kappa shape index (κ3) is 2.21. The number of hydrogen-bond donors (Lipinski definition) is 2. The topological polar surface area (TPSA) is 83.5 Å². The van der Waals surface area contributed by atoms with Crippen molar-refractivity contribution in [3.8, 4) is 0 Å². The summed E-state index contributed by atoms with van der Waals surface area (Å²) in [5.41, 5.74) is 0. The Hall–Kier alpha value is -0.460. The van der Waals surface area contributed by atoms with E-state index in [0.29, 0.717) is 19.5 Å². The van der Waals surface area contributed by atoms with Crippen LogP contribution in [-0.2, 0) is 14.6 Å². The molecule has 3 unspecified atom stereocenters. The summed E-state index contributed by atoms with van der Waals surface area (Å²) < 4.78 is 22.6. The summed E-state index contributed by atoms with van der Waals surface area (Å²) in [7, 11) is -3.15. The van der Waals surface area contributed by atoms with Crippen LogP contribution in [0.3, 0.4) is 0 Å². The molecule has 0 saturated carbocycles. The first-order chi connectivity index (χ1) is 6.99. The average molecular weight is 233 g/mol. The lowest BCUT2D eigenvalue weighted by Gasteiger charge is -2.27. The number of piperidine rings is 1. The Balaban J connectivity index is 2.13. The van der Waals surface area contributed by atoms with Crippen molar-refractivity contribution >= 4 is 15.6 Å². The number of rotatable bonds is 1. The fourth-order valence-corrected chi connectivity index (χ4v) is 4.34. The highest BCUT2D eigenvalue weighted by molar-refractivity contribution is 7.91. The molecule has 0 aromatic carbocycles. The van der Waals surface area contributed by atoms with Crippen LogP contribution >= 0.6 is 0 Å². The van der Waals surface area contributed by atoms with Crippen molar-refractivity contribution in [1.82, 2.24) is 5.32 Å². The Morgan fingerprint density at radius 2 is 2.07 bits per heavy atom. The van der Waals surface area contributed by atoms with E-state index >= 15 is 0 Å². The van der Waals surface area contributed by atoms with E-state index in [9.17, 15) is 18.3 Å². The zero-order valence-electron chi connectivity index (χ0n) is 8.35. The van der Waals surface area contributed by atoms with Gasteiger partial charge in [0.25, 0.3) is 0 Å². The SMILES string of the molecule is O=C1CCNCC1C1CS(=O)(=O)CC1O. The van der Waals surface area contributed by atoms with Gasteiger partial charge in [0.2, 0.25) is 0 Å². The smallest absolute Gasteiger partial charge is 0.153 e. The minimum Gasteiger partial charge on any atom is -0.392 e. The molecule has 0 aromatic rings. The minimum atomic E-state index is -3.15. The summed E-state index contributed by atoms with van der Waals surface area (Å²) in [5, 5.41) is 12.7. The van der Waals surface area contributed by atoms with Gasteiger partial charge < -0.3 is 10.4 Å². The molecule has 0 spiro atoms. The van der Waals surface area contributed by atoms with Crippen molar-refractivity contribution in [3.05, 3.63) is 0 Å². The van der Waals surface area contributed by atoms with Gasteiger partial charge in [-0.2, -0.15) is 0 Å². The van der Waals surface area contributed by atoms with E-state index in [1.807, 2.05) is 0 Å². The molecule has 0 aromatic heterocycles. The van der Waals surface area contributed by atoms with E-state index in [0.717, 1.165) is 0 Å². The number of carbonyl (C=O) groups is 1. The fourth-order valence-electron chi connectivity index (χ4n) is 2.40. The van der Waals surface area contributed by atoms with Crippen LogP contribution in [0.15, 0.2) is 0 Å². The average Bonchev–Trinajstić information content (AvgIpc) is 2.40. The monoisotopic (exact) mass is 233 g/mol. The van der Waals surface area contributed by atoms with Gasteiger partial charge in [-0.1, -0.05) is 0 Å². The van der Waals surface area contributed by atoms with E-state index in [1.54, 1.807) is 0 Å². The maximum Gasteiger partial charge on any atom is 0.153 e. The Morgan fingerprint density at radius 3 is 2.60 bits per heavy atom. The lowest BCUT2D eigenvalue weighted by molar-refractivity contribution is -0.126. The molecule has 2 heterocycles. The molecule has 2 aliphatic heterocycles. The number of hydrogen-bond acceptors (Lipinski definition) is 5. The van der Waals surface area contributed by atoms with Gasteiger partial charge in [-0.25, -0.2) is 8.42 Å². The number of sulfone groups is 1. The number of Topliss-reactive ketones (excluding diaryl/α,β-unsaturated/α-hetero) is 1. The fraction of sp³-hybridized carbons (Fsp3) is 0.889. The van der Waals surface area contributed by atoms with Crippen molar-refractivity contribution in [2.75, 3.05) is 24.6 Å². The van der Waals surface area contributed by atoms with Crippen molar-refractivity contribution in [2.45, 2.75) is 12.5 Å².